The molecule has 1 nitrogen and oxygen atoms in total. The molecule has 2 aromatic rings. The SMILES string of the molecule is CCCNC(c1ccc(Cl)c(Cl)c1)c1cc(Br)ccc1Br. The van der Waals surface area contributed by atoms with Crippen LogP contribution in [0.3, 0.4) is 0 Å². The number of halogens is 4. The standard InChI is InChI=1S/C16H15Br2Cl2N/c1-2-7-21-16(10-3-6-14(19)15(20)8-10)12-9-11(17)4-5-13(12)18/h3-6,8-9,16,21H,2,7H2,1H3. The lowest BCUT2D eigenvalue weighted by Gasteiger charge is -2.21. The summed E-state index contributed by atoms with van der Waals surface area (Å²) in [4.78, 5) is 0. The number of nitrogens with one attached hydrogen (secondary N) is 1. The molecule has 21 heavy (non-hydrogen) atoms. The summed E-state index contributed by atoms with van der Waals surface area (Å²) in [5, 5.41) is 4.71. The Bertz CT molecular complexity index is 632. The van der Waals surface area contributed by atoms with Gasteiger partial charge in [0.05, 0.1) is 16.1 Å². The molecule has 0 heterocycles. The van der Waals surface area contributed by atoms with Crippen molar-refractivity contribution in [2.24, 2.45) is 0 Å². The smallest absolute Gasteiger partial charge is 0.0595 e. The van der Waals surface area contributed by atoms with Gasteiger partial charge < -0.3 is 5.32 Å². The Morgan fingerprint density at radius 3 is 2.48 bits per heavy atom. The van der Waals surface area contributed by atoms with Gasteiger partial charge in [-0.25, -0.2) is 0 Å². The topological polar surface area (TPSA) is 12.0 Å². The Labute approximate surface area is 152 Å². The molecule has 0 saturated carbocycles. The van der Waals surface area contributed by atoms with Crippen molar-refractivity contribution in [2.45, 2.75) is 19.4 Å². The number of rotatable bonds is 5. The highest BCUT2D eigenvalue weighted by molar-refractivity contribution is 9.11. The highest BCUT2D eigenvalue weighted by Gasteiger charge is 2.17. The molecule has 0 aliphatic carbocycles. The van der Waals surface area contributed by atoms with Crippen molar-refractivity contribution in [1.82, 2.24) is 5.32 Å². The van der Waals surface area contributed by atoms with Crippen molar-refractivity contribution in [3.05, 3.63) is 66.5 Å². The molecule has 112 valence electrons. The van der Waals surface area contributed by atoms with Gasteiger partial charge in [0.25, 0.3) is 0 Å². The van der Waals surface area contributed by atoms with Gasteiger partial charge in [-0.3, -0.25) is 0 Å². The van der Waals surface area contributed by atoms with Crippen LogP contribution >= 0.6 is 55.1 Å². The van der Waals surface area contributed by atoms with E-state index in [9.17, 15) is 0 Å². The first kappa shape index (κ1) is 17.3. The van der Waals surface area contributed by atoms with E-state index >= 15 is 0 Å². The van der Waals surface area contributed by atoms with E-state index in [1.165, 1.54) is 0 Å². The van der Waals surface area contributed by atoms with Crippen LogP contribution in [0.15, 0.2) is 45.3 Å². The van der Waals surface area contributed by atoms with Gasteiger partial charge in [-0.05, 0) is 54.4 Å². The van der Waals surface area contributed by atoms with E-state index in [1.807, 2.05) is 30.3 Å². The molecule has 0 saturated heterocycles. The van der Waals surface area contributed by atoms with Gasteiger partial charge in [0.2, 0.25) is 0 Å². The summed E-state index contributed by atoms with van der Waals surface area (Å²) in [6, 6.07) is 12.0. The van der Waals surface area contributed by atoms with Crippen LogP contribution in [-0.4, -0.2) is 6.54 Å². The Hall–Kier alpha value is -0.0600. The quantitative estimate of drug-likeness (QED) is 0.539. The van der Waals surface area contributed by atoms with E-state index < -0.39 is 0 Å². The van der Waals surface area contributed by atoms with Crippen LogP contribution < -0.4 is 5.32 Å². The zero-order valence-corrected chi connectivity index (χ0v) is 16.2. The molecular weight excluding hydrogens is 437 g/mol. The summed E-state index contributed by atoms with van der Waals surface area (Å²) in [6.07, 6.45) is 1.06. The van der Waals surface area contributed by atoms with Crippen LogP contribution in [0.25, 0.3) is 0 Å². The zero-order chi connectivity index (χ0) is 15.4. The molecule has 1 N–H and O–H groups in total. The van der Waals surface area contributed by atoms with Crippen molar-refractivity contribution in [3.8, 4) is 0 Å². The molecule has 1 atom stereocenters. The monoisotopic (exact) mass is 449 g/mol. The summed E-state index contributed by atoms with van der Waals surface area (Å²) in [5.74, 6) is 0. The maximum atomic E-state index is 6.17. The van der Waals surface area contributed by atoms with E-state index in [0.29, 0.717) is 10.0 Å². The summed E-state index contributed by atoms with van der Waals surface area (Å²) >= 11 is 19.4. The first-order valence-electron chi connectivity index (χ1n) is 6.66. The molecule has 2 aromatic carbocycles. The van der Waals surface area contributed by atoms with E-state index in [1.54, 1.807) is 0 Å². The Balaban J connectivity index is 2.46. The molecule has 2 rings (SSSR count). The number of benzene rings is 2. The largest absolute Gasteiger partial charge is 0.306 e. The average Bonchev–Trinajstić information content (AvgIpc) is 2.46. The highest BCUT2D eigenvalue weighted by Crippen LogP contribution is 2.33. The normalized spacial score (nSPS) is 12.4. The van der Waals surface area contributed by atoms with E-state index in [2.05, 4.69) is 50.2 Å². The maximum Gasteiger partial charge on any atom is 0.0595 e. The van der Waals surface area contributed by atoms with Crippen LogP contribution in [-0.2, 0) is 0 Å². The molecule has 0 fully saturated rings. The molecule has 0 aliphatic rings. The third kappa shape index (κ3) is 4.46. The Kier molecular flexibility index (Phi) is 6.57. The molecule has 0 aromatic heterocycles. The number of hydrogen-bond acceptors (Lipinski definition) is 1. The minimum Gasteiger partial charge on any atom is -0.306 e. The minimum atomic E-state index is 0.0617. The lowest BCUT2D eigenvalue weighted by Crippen LogP contribution is -2.23. The average molecular weight is 452 g/mol. The van der Waals surface area contributed by atoms with Crippen molar-refractivity contribution in [3.63, 3.8) is 0 Å². The molecule has 5 heteroatoms. The van der Waals surface area contributed by atoms with Crippen LogP contribution in [0, 0.1) is 0 Å². The van der Waals surface area contributed by atoms with Crippen LogP contribution in [0.5, 0.6) is 0 Å². The highest BCUT2D eigenvalue weighted by atomic mass is 79.9. The van der Waals surface area contributed by atoms with Gasteiger partial charge in [0, 0.05) is 8.95 Å². The Morgan fingerprint density at radius 2 is 1.81 bits per heavy atom. The van der Waals surface area contributed by atoms with E-state index in [-0.39, 0.29) is 6.04 Å². The molecular formula is C16H15Br2Cl2N. The second-order valence-electron chi connectivity index (χ2n) is 4.73. The summed E-state index contributed by atoms with van der Waals surface area (Å²) in [7, 11) is 0. The predicted octanol–water partition coefficient (Wildman–Crippen LogP) is 6.61. The van der Waals surface area contributed by atoms with Crippen molar-refractivity contribution >= 4 is 55.1 Å². The van der Waals surface area contributed by atoms with Crippen LogP contribution in [0.2, 0.25) is 10.0 Å². The van der Waals surface area contributed by atoms with Gasteiger partial charge in [0.15, 0.2) is 0 Å². The molecule has 0 aliphatic heterocycles. The Morgan fingerprint density at radius 1 is 1.05 bits per heavy atom. The maximum absolute atomic E-state index is 6.17. The first-order valence-corrected chi connectivity index (χ1v) is 9.00. The molecule has 0 radical (unpaired) electrons. The van der Waals surface area contributed by atoms with Gasteiger partial charge >= 0.3 is 0 Å². The lowest BCUT2D eigenvalue weighted by atomic mass is 9.98. The van der Waals surface area contributed by atoms with E-state index in [0.717, 1.165) is 33.0 Å². The van der Waals surface area contributed by atoms with Gasteiger partial charge in [0.1, 0.15) is 0 Å². The summed E-state index contributed by atoms with van der Waals surface area (Å²) in [6.45, 7) is 3.07. The van der Waals surface area contributed by atoms with Crippen LogP contribution in [0.4, 0.5) is 0 Å². The third-order valence-corrected chi connectivity index (χ3v) is 5.10. The van der Waals surface area contributed by atoms with Gasteiger partial charge in [-0.1, -0.05) is 68.1 Å². The summed E-state index contributed by atoms with van der Waals surface area (Å²) < 4.78 is 2.11. The molecule has 0 amide bonds. The fourth-order valence-corrected chi connectivity index (χ4v) is 3.28. The third-order valence-electron chi connectivity index (χ3n) is 3.14. The van der Waals surface area contributed by atoms with Gasteiger partial charge in [-0.2, -0.15) is 0 Å². The van der Waals surface area contributed by atoms with Gasteiger partial charge in [-0.15, -0.1) is 0 Å². The fraction of sp³-hybridized carbons (Fsp3) is 0.250. The molecule has 0 spiro atoms. The molecule has 0 bridgehead atoms. The fourth-order valence-electron chi connectivity index (χ4n) is 2.12. The zero-order valence-electron chi connectivity index (χ0n) is 11.5. The molecule has 1 unspecified atom stereocenters. The summed E-state index contributed by atoms with van der Waals surface area (Å²) in [5.41, 5.74) is 2.26. The van der Waals surface area contributed by atoms with Crippen molar-refractivity contribution in [1.29, 1.82) is 0 Å². The number of hydrogen-bond donors (Lipinski definition) is 1. The predicted molar refractivity (Wildman–Crippen MR) is 98.4 cm³/mol. The van der Waals surface area contributed by atoms with Crippen molar-refractivity contribution < 1.29 is 0 Å². The van der Waals surface area contributed by atoms with Crippen LogP contribution in [0.1, 0.15) is 30.5 Å². The first-order chi connectivity index (χ1) is 10.0. The lowest BCUT2D eigenvalue weighted by molar-refractivity contribution is 0.597. The van der Waals surface area contributed by atoms with Crippen molar-refractivity contribution in [2.75, 3.05) is 6.54 Å². The second kappa shape index (κ2) is 7.98. The second-order valence-corrected chi connectivity index (χ2v) is 7.31. The van der Waals surface area contributed by atoms with E-state index in [4.69, 9.17) is 23.2 Å². The minimum absolute atomic E-state index is 0.0617.